The number of ether oxygens (including phenoxy) is 1. The number of phenols is 6. The first-order chi connectivity index (χ1) is 22.8. The van der Waals surface area contributed by atoms with Crippen molar-refractivity contribution in [2.45, 2.75) is 44.6 Å². The lowest BCUT2D eigenvalue weighted by Gasteiger charge is -2.37. The summed E-state index contributed by atoms with van der Waals surface area (Å²) in [6, 6.07) is 16.6. The highest BCUT2D eigenvalue weighted by molar-refractivity contribution is 6.03. The van der Waals surface area contributed by atoms with Gasteiger partial charge in [0.25, 0.3) is 0 Å². The number of benzene rings is 4. The molecule has 0 bridgehead atoms. The minimum absolute atomic E-state index is 0.0223. The molecule has 5 aromatic rings. The van der Waals surface area contributed by atoms with E-state index in [1.54, 1.807) is 36.4 Å². The van der Waals surface area contributed by atoms with E-state index in [2.05, 4.69) is 0 Å². The van der Waals surface area contributed by atoms with Crippen LogP contribution in [0.5, 0.6) is 40.2 Å². The van der Waals surface area contributed by atoms with Crippen molar-refractivity contribution in [2.75, 3.05) is 0 Å². The minimum atomic E-state index is -1.02. The molecule has 0 saturated heterocycles. The molecule has 48 heavy (non-hydrogen) atoms. The molecule has 9 heteroatoms. The van der Waals surface area contributed by atoms with Gasteiger partial charge in [-0.3, -0.25) is 4.79 Å². The average molecular weight is 647 g/mol. The molecule has 2 aliphatic rings. The molecule has 6 N–H and O–H groups in total. The Morgan fingerprint density at radius 1 is 0.833 bits per heavy atom. The van der Waals surface area contributed by atoms with Crippen molar-refractivity contribution in [3.63, 3.8) is 0 Å². The van der Waals surface area contributed by atoms with E-state index < -0.39 is 29.1 Å². The summed E-state index contributed by atoms with van der Waals surface area (Å²) in [6.45, 7) is 5.62. The number of aromatic hydroxyl groups is 6. The molecule has 4 aromatic carbocycles. The van der Waals surface area contributed by atoms with Gasteiger partial charge in [-0.15, -0.1) is 0 Å². The SMILES string of the molecule is CC1=C[C@H](c2c(O)cc(-c3cc4ccc(O)cc4o3)cc2O)[C@H](C(=O)c2ccc3c(c2O)C=CC(C)(C)O3)[C@@H](c2ccc(O)cc2O)C1. The zero-order chi connectivity index (χ0) is 34.1. The van der Waals surface area contributed by atoms with Gasteiger partial charge in [0, 0.05) is 46.4 Å². The number of phenolic OH excluding ortho intramolecular Hbond substituents is 6. The van der Waals surface area contributed by atoms with Crippen molar-refractivity contribution in [1.82, 2.24) is 0 Å². The number of Topliss-reactive ketones (excluding diaryl/α,β-unsaturated/α-hetero) is 1. The molecule has 0 amide bonds. The van der Waals surface area contributed by atoms with Gasteiger partial charge in [-0.1, -0.05) is 17.7 Å². The van der Waals surface area contributed by atoms with E-state index in [-0.39, 0.29) is 45.6 Å². The third-order valence-corrected chi connectivity index (χ3v) is 9.27. The number of rotatable bonds is 5. The Kier molecular flexibility index (Phi) is 7.16. The predicted molar refractivity (Wildman–Crippen MR) is 180 cm³/mol. The second-order valence-corrected chi connectivity index (χ2v) is 13.2. The number of hydrogen-bond donors (Lipinski definition) is 6. The van der Waals surface area contributed by atoms with Gasteiger partial charge in [-0.25, -0.2) is 0 Å². The number of fused-ring (bicyclic) bond motifs is 2. The maximum absolute atomic E-state index is 14.7. The fourth-order valence-corrected chi connectivity index (χ4v) is 7.05. The van der Waals surface area contributed by atoms with Gasteiger partial charge >= 0.3 is 0 Å². The van der Waals surface area contributed by atoms with Gasteiger partial charge in [-0.2, -0.15) is 0 Å². The Labute approximate surface area is 275 Å². The van der Waals surface area contributed by atoms with Gasteiger partial charge in [0.15, 0.2) is 5.78 Å². The topological polar surface area (TPSA) is 161 Å². The molecule has 1 aliphatic heterocycles. The number of hydrogen-bond acceptors (Lipinski definition) is 9. The van der Waals surface area contributed by atoms with Crippen molar-refractivity contribution in [3.05, 3.63) is 107 Å². The van der Waals surface area contributed by atoms with Crippen LogP contribution in [0.3, 0.4) is 0 Å². The van der Waals surface area contributed by atoms with Crippen molar-refractivity contribution >= 4 is 22.8 Å². The number of ketones is 1. The Morgan fingerprint density at radius 3 is 2.27 bits per heavy atom. The molecule has 0 unspecified atom stereocenters. The van der Waals surface area contributed by atoms with Crippen LogP contribution in [-0.4, -0.2) is 42.0 Å². The summed E-state index contributed by atoms with van der Waals surface area (Å²) in [7, 11) is 0. The number of furan rings is 1. The maximum atomic E-state index is 14.7. The molecule has 0 radical (unpaired) electrons. The van der Waals surface area contributed by atoms with Crippen LogP contribution < -0.4 is 4.74 Å². The molecule has 0 saturated carbocycles. The molecule has 1 aromatic heterocycles. The summed E-state index contributed by atoms with van der Waals surface area (Å²) in [5.41, 5.74) is 1.91. The summed E-state index contributed by atoms with van der Waals surface area (Å²) < 4.78 is 11.9. The van der Waals surface area contributed by atoms with Gasteiger partial charge in [0.05, 0.1) is 11.1 Å². The van der Waals surface area contributed by atoms with Crippen LogP contribution in [-0.2, 0) is 0 Å². The monoisotopic (exact) mass is 646 g/mol. The molecule has 7 rings (SSSR count). The van der Waals surface area contributed by atoms with E-state index in [4.69, 9.17) is 9.15 Å². The van der Waals surface area contributed by atoms with Gasteiger partial charge in [0.1, 0.15) is 57.2 Å². The molecule has 9 nitrogen and oxygen atoms in total. The predicted octanol–water partition coefficient (Wildman–Crippen LogP) is 8.23. The molecular formula is C39H34O9. The van der Waals surface area contributed by atoms with E-state index in [0.717, 1.165) is 5.57 Å². The second kappa shape index (κ2) is 11.2. The summed E-state index contributed by atoms with van der Waals surface area (Å²) in [6.07, 6.45) is 5.67. The molecule has 0 fully saturated rings. The van der Waals surface area contributed by atoms with Crippen LogP contribution in [0, 0.1) is 5.92 Å². The number of carbonyl (C=O) groups is 1. The van der Waals surface area contributed by atoms with E-state index in [9.17, 15) is 35.4 Å². The third kappa shape index (κ3) is 5.27. The van der Waals surface area contributed by atoms with Crippen molar-refractivity contribution in [1.29, 1.82) is 0 Å². The first kappa shape index (κ1) is 30.8. The normalized spacial score (nSPS) is 19.8. The Bertz CT molecular complexity index is 2160. The number of carbonyl (C=O) groups excluding carboxylic acids is 1. The fraction of sp³-hybridized carbons (Fsp3) is 0.205. The van der Waals surface area contributed by atoms with E-state index in [1.165, 1.54) is 42.5 Å². The lowest BCUT2D eigenvalue weighted by atomic mass is 9.65. The largest absolute Gasteiger partial charge is 0.508 e. The van der Waals surface area contributed by atoms with Gasteiger partial charge in [0.2, 0.25) is 0 Å². The van der Waals surface area contributed by atoms with Crippen LogP contribution in [0.2, 0.25) is 0 Å². The van der Waals surface area contributed by atoms with Crippen LogP contribution in [0.4, 0.5) is 0 Å². The molecular weight excluding hydrogens is 612 g/mol. The third-order valence-electron chi connectivity index (χ3n) is 9.27. The summed E-state index contributed by atoms with van der Waals surface area (Å²) in [5, 5.41) is 66.1. The average Bonchev–Trinajstić information content (AvgIpc) is 3.43. The highest BCUT2D eigenvalue weighted by Gasteiger charge is 2.43. The first-order valence-corrected chi connectivity index (χ1v) is 15.6. The molecule has 2 heterocycles. The highest BCUT2D eigenvalue weighted by atomic mass is 16.5. The summed E-state index contributed by atoms with van der Waals surface area (Å²) >= 11 is 0. The zero-order valence-electron chi connectivity index (χ0n) is 26.4. The van der Waals surface area contributed by atoms with Crippen LogP contribution in [0.15, 0.2) is 88.9 Å². The highest BCUT2D eigenvalue weighted by Crippen LogP contribution is 2.54. The van der Waals surface area contributed by atoms with Gasteiger partial charge in [-0.05, 0) is 93.4 Å². The molecule has 244 valence electrons. The van der Waals surface area contributed by atoms with Gasteiger partial charge < -0.3 is 39.8 Å². The zero-order valence-corrected chi connectivity index (χ0v) is 26.4. The van der Waals surface area contributed by atoms with Crippen molar-refractivity contribution < 1.29 is 44.6 Å². The Balaban J connectivity index is 1.37. The molecule has 0 spiro atoms. The first-order valence-electron chi connectivity index (χ1n) is 15.6. The molecule has 1 aliphatic carbocycles. The van der Waals surface area contributed by atoms with E-state index >= 15 is 0 Å². The lowest BCUT2D eigenvalue weighted by molar-refractivity contribution is 0.0876. The maximum Gasteiger partial charge on any atom is 0.171 e. The summed E-state index contributed by atoms with van der Waals surface area (Å²) in [5.74, 6) is -3.45. The minimum Gasteiger partial charge on any atom is -0.508 e. The summed E-state index contributed by atoms with van der Waals surface area (Å²) in [4.78, 5) is 14.7. The van der Waals surface area contributed by atoms with Crippen LogP contribution in [0.1, 0.15) is 66.1 Å². The lowest BCUT2D eigenvalue weighted by Crippen LogP contribution is -2.32. The van der Waals surface area contributed by atoms with Crippen LogP contribution >= 0.6 is 0 Å². The Morgan fingerprint density at radius 2 is 1.54 bits per heavy atom. The van der Waals surface area contributed by atoms with Crippen LogP contribution in [0.25, 0.3) is 28.4 Å². The number of allylic oxidation sites excluding steroid dienone is 2. The quantitative estimate of drug-likeness (QED) is 0.0816. The Hall–Kier alpha value is -5.83. The van der Waals surface area contributed by atoms with Crippen molar-refractivity contribution in [3.8, 4) is 51.6 Å². The van der Waals surface area contributed by atoms with Crippen molar-refractivity contribution in [2.24, 2.45) is 5.92 Å². The smallest absolute Gasteiger partial charge is 0.171 e. The van der Waals surface area contributed by atoms with E-state index in [1.807, 2.05) is 26.8 Å². The standard InChI is InChI=1S/C39H34O9/c1-19-12-27(24-7-6-22(40)17-29(24)42)35(38(46)26-8-9-32-25(37(26)45)10-11-39(2,3)48-32)28(13-19)36-30(43)14-21(15-31(36)44)33-16-20-4-5-23(41)18-34(20)47-33/h4-11,13-18,27-28,35,40-45H,12H2,1-3H3/t27-,28+,35-/m1/s1. The molecule has 3 atom stereocenters. The van der Waals surface area contributed by atoms with E-state index in [0.29, 0.717) is 45.6 Å². The second-order valence-electron chi connectivity index (χ2n) is 13.2. The fourth-order valence-electron chi connectivity index (χ4n) is 7.05.